The molecular weight excluding hydrogens is 406 g/mol. The first-order chi connectivity index (χ1) is 14.8. The van der Waals surface area contributed by atoms with E-state index in [1.165, 1.54) is 31.4 Å². The number of fused-ring (bicyclic) bond motifs is 1. The van der Waals surface area contributed by atoms with E-state index < -0.39 is 35.9 Å². The largest absolute Gasteiger partial charge is 0.465 e. The van der Waals surface area contributed by atoms with Gasteiger partial charge in [-0.1, -0.05) is 6.07 Å². The minimum Gasteiger partial charge on any atom is -0.465 e. The van der Waals surface area contributed by atoms with Gasteiger partial charge in [0.1, 0.15) is 12.1 Å². The number of carbonyl (C=O) groups is 4. The molecular formula is C21H19N3O7. The molecule has 2 N–H and O–H groups in total. The number of urea groups is 1. The summed E-state index contributed by atoms with van der Waals surface area (Å²) in [6.07, 6.45) is 0. The summed E-state index contributed by atoms with van der Waals surface area (Å²) in [6, 6.07) is 10.3. The molecule has 1 fully saturated rings. The van der Waals surface area contributed by atoms with E-state index in [1.807, 2.05) is 0 Å². The van der Waals surface area contributed by atoms with Crippen LogP contribution in [-0.4, -0.2) is 49.2 Å². The van der Waals surface area contributed by atoms with Crippen molar-refractivity contribution in [3.8, 4) is 11.5 Å². The van der Waals surface area contributed by atoms with Gasteiger partial charge in [0.25, 0.3) is 5.91 Å². The highest BCUT2D eigenvalue weighted by Gasteiger charge is 2.49. The van der Waals surface area contributed by atoms with Gasteiger partial charge in [0.05, 0.1) is 12.7 Å². The highest BCUT2D eigenvalue weighted by Crippen LogP contribution is 2.37. The van der Waals surface area contributed by atoms with E-state index in [0.29, 0.717) is 28.3 Å². The fraction of sp³-hybridized carbons (Fsp3) is 0.238. The second-order valence-corrected chi connectivity index (χ2v) is 7.13. The van der Waals surface area contributed by atoms with Crippen LogP contribution in [0.15, 0.2) is 42.5 Å². The third-order valence-electron chi connectivity index (χ3n) is 5.12. The Kier molecular flexibility index (Phi) is 4.97. The van der Waals surface area contributed by atoms with E-state index in [0.717, 1.165) is 4.90 Å². The summed E-state index contributed by atoms with van der Waals surface area (Å²) in [5.41, 5.74) is -0.103. The molecule has 0 bridgehead atoms. The summed E-state index contributed by atoms with van der Waals surface area (Å²) in [5, 5.41) is 5.24. The van der Waals surface area contributed by atoms with Crippen LogP contribution >= 0.6 is 0 Å². The molecule has 2 heterocycles. The van der Waals surface area contributed by atoms with E-state index in [1.54, 1.807) is 25.1 Å². The van der Waals surface area contributed by atoms with Crippen molar-refractivity contribution in [3.05, 3.63) is 53.6 Å². The number of imide groups is 1. The number of anilines is 1. The lowest BCUT2D eigenvalue weighted by Crippen LogP contribution is -2.42. The SMILES string of the molecule is COC(=O)c1ccc(NC(=O)CN2C(=O)N[C@@](C)(c3ccc4c(c3)OCO4)C2=O)cc1. The number of nitrogens with one attached hydrogen (secondary N) is 2. The van der Waals surface area contributed by atoms with Gasteiger partial charge in [-0.3, -0.25) is 14.5 Å². The van der Waals surface area contributed by atoms with Gasteiger partial charge in [0, 0.05) is 5.69 Å². The summed E-state index contributed by atoms with van der Waals surface area (Å²) in [5.74, 6) is -0.595. The minimum atomic E-state index is -1.35. The molecule has 2 aromatic rings. The van der Waals surface area contributed by atoms with Crippen LogP contribution in [-0.2, 0) is 19.9 Å². The monoisotopic (exact) mass is 425 g/mol. The fourth-order valence-electron chi connectivity index (χ4n) is 3.40. The molecule has 0 aromatic heterocycles. The molecule has 2 aliphatic heterocycles. The second kappa shape index (κ2) is 7.63. The van der Waals surface area contributed by atoms with Crippen LogP contribution < -0.4 is 20.1 Å². The molecule has 0 saturated carbocycles. The number of hydrogen-bond donors (Lipinski definition) is 2. The number of methoxy groups -OCH3 is 1. The van der Waals surface area contributed by atoms with Crippen LogP contribution in [0.2, 0.25) is 0 Å². The van der Waals surface area contributed by atoms with Crippen LogP contribution in [0, 0.1) is 0 Å². The maximum Gasteiger partial charge on any atom is 0.337 e. The zero-order valence-electron chi connectivity index (χ0n) is 16.8. The smallest absolute Gasteiger partial charge is 0.337 e. The molecule has 0 radical (unpaired) electrons. The number of esters is 1. The Morgan fingerprint density at radius 2 is 1.84 bits per heavy atom. The summed E-state index contributed by atoms with van der Waals surface area (Å²) in [4.78, 5) is 50.2. The van der Waals surface area contributed by atoms with Crippen LogP contribution in [0.4, 0.5) is 10.5 Å². The van der Waals surface area contributed by atoms with Gasteiger partial charge in [-0.05, 0) is 48.9 Å². The molecule has 4 amide bonds. The van der Waals surface area contributed by atoms with Gasteiger partial charge in [-0.15, -0.1) is 0 Å². The first-order valence-electron chi connectivity index (χ1n) is 9.34. The maximum absolute atomic E-state index is 13.0. The Morgan fingerprint density at radius 3 is 2.55 bits per heavy atom. The molecule has 1 atom stereocenters. The average Bonchev–Trinajstić information content (AvgIpc) is 3.32. The van der Waals surface area contributed by atoms with Gasteiger partial charge in [-0.2, -0.15) is 0 Å². The summed E-state index contributed by atoms with van der Waals surface area (Å²) < 4.78 is 15.2. The van der Waals surface area contributed by atoms with Gasteiger partial charge in [0.2, 0.25) is 12.7 Å². The van der Waals surface area contributed by atoms with Crippen LogP contribution in [0.1, 0.15) is 22.8 Å². The number of carbonyl (C=O) groups excluding carboxylic acids is 4. The van der Waals surface area contributed by atoms with Crippen LogP contribution in [0.25, 0.3) is 0 Å². The number of rotatable bonds is 5. The minimum absolute atomic E-state index is 0.0860. The lowest BCUT2D eigenvalue weighted by atomic mass is 9.91. The van der Waals surface area contributed by atoms with Crippen molar-refractivity contribution in [1.29, 1.82) is 0 Å². The number of ether oxygens (including phenoxy) is 3. The van der Waals surface area contributed by atoms with Gasteiger partial charge in [-0.25, -0.2) is 9.59 Å². The van der Waals surface area contributed by atoms with Crippen LogP contribution in [0.3, 0.4) is 0 Å². The van der Waals surface area contributed by atoms with Gasteiger partial charge in [0.15, 0.2) is 11.5 Å². The normalized spacial score (nSPS) is 19.2. The highest BCUT2D eigenvalue weighted by atomic mass is 16.7. The zero-order chi connectivity index (χ0) is 22.2. The van der Waals surface area contributed by atoms with Crippen molar-refractivity contribution in [1.82, 2.24) is 10.2 Å². The third kappa shape index (κ3) is 3.63. The Labute approximate surface area is 177 Å². The molecule has 2 aliphatic rings. The standard InChI is InChI=1S/C21H19N3O7/c1-21(13-5-8-15-16(9-13)31-11-30-15)19(27)24(20(28)23-21)10-17(25)22-14-6-3-12(4-7-14)18(26)29-2/h3-9H,10-11H2,1-2H3,(H,22,25)(H,23,28)/t21-/m0/s1. The van der Waals surface area contributed by atoms with E-state index in [4.69, 9.17) is 9.47 Å². The zero-order valence-corrected chi connectivity index (χ0v) is 16.8. The van der Waals surface area contributed by atoms with Crippen molar-refractivity contribution in [2.75, 3.05) is 25.8 Å². The topological polar surface area (TPSA) is 123 Å². The molecule has 0 aliphatic carbocycles. The van der Waals surface area contributed by atoms with Crippen molar-refractivity contribution in [2.45, 2.75) is 12.5 Å². The number of nitrogens with zero attached hydrogens (tertiary/aromatic N) is 1. The van der Waals surface area contributed by atoms with Crippen LogP contribution in [0.5, 0.6) is 11.5 Å². The lowest BCUT2D eigenvalue weighted by molar-refractivity contribution is -0.133. The third-order valence-corrected chi connectivity index (χ3v) is 5.12. The molecule has 160 valence electrons. The van der Waals surface area contributed by atoms with Crippen molar-refractivity contribution in [2.24, 2.45) is 0 Å². The molecule has 0 unspecified atom stereocenters. The molecule has 2 aromatic carbocycles. The average molecular weight is 425 g/mol. The first-order valence-corrected chi connectivity index (χ1v) is 9.34. The highest BCUT2D eigenvalue weighted by molar-refractivity contribution is 6.10. The van der Waals surface area contributed by atoms with E-state index >= 15 is 0 Å². The number of amides is 4. The predicted octanol–water partition coefficient (Wildman–Crippen LogP) is 1.61. The Hall–Kier alpha value is -4.08. The summed E-state index contributed by atoms with van der Waals surface area (Å²) in [7, 11) is 1.27. The lowest BCUT2D eigenvalue weighted by Gasteiger charge is -2.22. The fourth-order valence-corrected chi connectivity index (χ4v) is 3.40. The second-order valence-electron chi connectivity index (χ2n) is 7.13. The van der Waals surface area contributed by atoms with E-state index in [9.17, 15) is 19.2 Å². The van der Waals surface area contributed by atoms with Crippen molar-refractivity contribution < 1.29 is 33.4 Å². The molecule has 10 heteroatoms. The van der Waals surface area contributed by atoms with Crippen molar-refractivity contribution >= 4 is 29.5 Å². The molecule has 4 rings (SSSR count). The number of hydrogen-bond acceptors (Lipinski definition) is 7. The van der Waals surface area contributed by atoms with Gasteiger partial charge < -0.3 is 24.8 Å². The Morgan fingerprint density at radius 1 is 1.13 bits per heavy atom. The Balaban J connectivity index is 1.45. The number of benzene rings is 2. The first kappa shape index (κ1) is 20.2. The molecule has 1 saturated heterocycles. The maximum atomic E-state index is 13.0. The molecule has 0 spiro atoms. The van der Waals surface area contributed by atoms with E-state index in [-0.39, 0.29) is 6.79 Å². The molecule has 10 nitrogen and oxygen atoms in total. The molecule has 31 heavy (non-hydrogen) atoms. The predicted molar refractivity (Wildman–Crippen MR) is 107 cm³/mol. The quantitative estimate of drug-likeness (QED) is 0.551. The van der Waals surface area contributed by atoms with Crippen molar-refractivity contribution in [3.63, 3.8) is 0 Å². The Bertz CT molecular complexity index is 1080. The summed E-state index contributed by atoms with van der Waals surface area (Å²) >= 11 is 0. The summed E-state index contributed by atoms with van der Waals surface area (Å²) in [6.45, 7) is 1.18. The van der Waals surface area contributed by atoms with E-state index in [2.05, 4.69) is 15.4 Å². The van der Waals surface area contributed by atoms with Gasteiger partial charge >= 0.3 is 12.0 Å².